The van der Waals surface area contributed by atoms with E-state index in [-0.39, 0.29) is 5.91 Å². The smallest absolute Gasteiger partial charge is 0.263 e. The van der Waals surface area contributed by atoms with E-state index in [9.17, 15) is 4.79 Å². The molecule has 0 radical (unpaired) electrons. The molecule has 0 unspecified atom stereocenters. The number of thioether (sulfide) groups is 1. The lowest BCUT2D eigenvalue weighted by Gasteiger charge is -2.06. The number of para-hydroxylation sites is 1. The molecule has 4 rings (SSSR count). The van der Waals surface area contributed by atoms with Gasteiger partial charge in [-0.25, -0.2) is 0 Å². The maximum Gasteiger partial charge on any atom is 0.263 e. The summed E-state index contributed by atoms with van der Waals surface area (Å²) < 4.78 is 11.7. The van der Waals surface area contributed by atoms with Crippen LogP contribution in [0.3, 0.4) is 0 Å². The van der Waals surface area contributed by atoms with Crippen LogP contribution in [0.25, 0.3) is 28.3 Å². The fourth-order valence-electron chi connectivity index (χ4n) is 2.58. The Kier molecular flexibility index (Phi) is 4.03. The van der Waals surface area contributed by atoms with Gasteiger partial charge in [0, 0.05) is 29.3 Å². The minimum atomic E-state index is -0.205. The number of thiocarbonyl (C=S) groups is 1. The third-order valence-corrected chi connectivity index (χ3v) is 4.88. The Bertz CT molecular complexity index is 1040. The molecule has 1 N–H and O–H groups in total. The Morgan fingerprint density at radius 2 is 2.16 bits per heavy atom. The number of pyridine rings is 1. The molecule has 1 fully saturated rings. The summed E-state index contributed by atoms with van der Waals surface area (Å²) >= 11 is 6.21. The molecule has 0 spiro atoms. The fourth-order valence-corrected chi connectivity index (χ4v) is 3.60. The lowest BCUT2D eigenvalue weighted by molar-refractivity contribution is -0.115. The van der Waals surface area contributed by atoms with Gasteiger partial charge >= 0.3 is 0 Å². The van der Waals surface area contributed by atoms with E-state index < -0.39 is 0 Å². The first-order valence-corrected chi connectivity index (χ1v) is 8.64. The van der Waals surface area contributed by atoms with Crippen LogP contribution < -0.4 is 10.1 Å². The topological polar surface area (TPSA) is 64.4 Å². The van der Waals surface area contributed by atoms with E-state index in [1.807, 2.05) is 36.4 Å². The Morgan fingerprint density at radius 1 is 1.32 bits per heavy atom. The van der Waals surface area contributed by atoms with Crippen molar-refractivity contribution in [1.82, 2.24) is 10.3 Å². The number of amides is 1. The van der Waals surface area contributed by atoms with Gasteiger partial charge in [0.05, 0.1) is 17.7 Å². The van der Waals surface area contributed by atoms with Crippen molar-refractivity contribution in [2.75, 3.05) is 7.11 Å². The SMILES string of the molecule is COc1ccccc1-c1cc2oc(C=C3SC(=S)NC3=O)cc2cn1. The normalized spacial score (nSPS) is 15.8. The van der Waals surface area contributed by atoms with Crippen LogP contribution in [0.1, 0.15) is 5.76 Å². The molecular formula is C18H12N2O3S2. The number of methoxy groups -OCH3 is 1. The standard InChI is InChI=1S/C18H12N2O3S2/c1-22-14-5-3-2-4-12(14)13-8-15-10(9-19-13)6-11(23-15)7-16-17(21)20-18(24)25-16/h2-9H,1H3,(H,20,21,24). The molecule has 3 heterocycles. The Balaban J connectivity index is 1.74. The highest BCUT2D eigenvalue weighted by atomic mass is 32.2. The first-order chi connectivity index (χ1) is 12.1. The first-order valence-electron chi connectivity index (χ1n) is 7.42. The van der Waals surface area contributed by atoms with Gasteiger partial charge in [-0.05, 0) is 18.2 Å². The van der Waals surface area contributed by atoms with Gasteiger partial charge in [-0.15, -0.1) is 0 Å². The van der Waals surface area contributed by atoms with Gasteiger partial charge in [-0.2, -0.15) is 0 Å². The number of nitrogens with one attached hydrogen (secondary N) is 1. The number of benzene rings is 1. The molecule has 0 saturated carbocycles. The summed E-state index contributed by atoms with van der Waals surface area (Å²) in [4.78, 5) is 16.8. The van der Waals surface area contributed by atoms with Crippen LogP contribution in [0, 0.1) is 0 Å². The number of furan rings is 1. The molecular weight excluding hydrogens is 356 g/mol. The molecule has 124 valence electrons. The third-order valence-electron chi connectivity index (χ3n) is 3.72. The van der Waals surface area contributed by atoms with Gasteiger partial charge in [0.1, 0.15) is 21.4 Å². The van der Waals surface area contributed by atoms with Crippen molar-refractivity contribution in [2.45, 2.75) is 0 Å². The first kappa shape index (κ1) is 15.9. The summed E-state index contributed by atoms with van der Waals surface area (Å²) in [6, 6.07) is 11.4. The zero-order valence-electron chi connectivity index (χ0n) is 13.1. The number of nitrogens with zero attached hydrogens (tertiary/aromatic N) is 1. The highest BCUT2D eigenvalue weighted by molar-refractivity contribution is 8.26. The molecule has 1 saturated heterocycles. The number of fused-ring (bicyclic) bond motifs is 1. The van der Waals surface area contributed by atoms with Gasteiger partial charge in [-0.3, -0.25) is 9.78 Å². The van der Waals surface area contributed by atoms with Gasteiger partial charge < -0.3 is 14.5 Å². The van der Waals surface area contributed by atoms with Crippen LogP contribution >= 0.6 is 24.0 Å². The zero-order valence-corrected chi connectivity index (χ0v) is 14.7. The molecule has 0 bridgehead atoms. The predicted octanol–water partition coefficient (Wildman–Crippen LogP) is 3.99. The number of carbonyl (C=O) groups is 1. The van der Waals surface area contributed by atoms with Crippen molar-refractivity contribution in [3.63, 3.8) is 0 Å². The molecule has 1 amide bonds. The molecule has 0 aliphatic carbocycles. The quantitative estimate of drug-likeness (QED) is 0.557. The monoisotopic (exact) mass is 368 g/mol. The van der Waals surface area contributed by atoms with Crippen molar-refractivity contribution >= 4 is 51.3 Å². The average Bonchev–Trinajstić information content (AvgIpc) is 3.16. The van der Waals surface area contributed by atoms with Gasteiger partial charge in [0.15, 0.2) is 0 Å². The highest BCUT2D eigenvalue weighted by Crippen LogP contribution is 2.32. The maximum atomic E-state index is 11.8. The highest BCUT2D eigenvalue weighted by Gasteiger charge is 2.22. The number of hydrogen-bond acceptors (Lipinski definition) is 6. The molecule has 1 aliphatic heterocycles. The predicted molar refractivity (Wildman–Crippen MR) is 102 cm³/mol. The molecule has 1 aliphatic rings. The zero-order chi connectivity index (χ0) is 17.4. The van der Waals surface area contributed by atoms with Crippen molar-refractivity contribution in [1.29, 1.82) is 0 Å². The summed E-state index contributed by atoms with van der Waals surface area (Å²) in [5.74, 6) is 1.12. The number of hydrogen-bond donors (Lipinski definition) is 1. The van der Waals surface area contributed by atoms with Crippen molar-refractivity contribution in [3.8, 4) is 17.0 Å². The molecule has 7 heteroatoms. The van der Waals surface area contributed by atoms with Crippen LogP contribution in [0.15, 0.2) is 51.9 Å². The number of carbonyl (C=O) groups excluding carboxylic acids is 1. The molecule has 5 nitrogen and oxygen atoms in total. The van der Waals surface area contributed by atoms with Crippen LogP contribution in [0.5, 0.6) is 5.75 Å². The van der Waals surface area contributed by atoms with E-state index in [4.69, 9.17) is 21.4 Å². The second kappa shape index (κ2) is 6.34. The Morgan fingerprint density at radius 3 is 2.92 bits per heavy atom. The number of rotatable bonds is 3. The largest absolute Gasteiger partial charge is 0.496 e. The van der Waals surface area contributed by atoms with E-state index in [0.29, 0.717) is 20.6 Å². The Labute approximate surface area is 153 Å². The second-order valence-corrected chi connectivity index (χ2v) is 7.03. The second-order valence-electron chi connectivity index (χ2n) is 5.31. The van der Waals surface area contributed by atoms with E-state index in [1.54, 1.807) is 19.4 Å². The summed E-state index contributed by atoms with van der Waals surface area (Å²) in [5, 5.41) is 3.44. The minimum absolute atomic E-state index is 0.205. The van der Waals surface area contributed by atoms with Crippen molar-refractivity contribution in [3.05, 3.63) is 53.3 Å². The van der Waals surface area contributed by atoms with E-state index in [2.05, 4.69) is 10.3 Å². The maximum absolute atomic E-state index is 11.8. The van der Waals surface area contributed by atoms with E-state index in [1.165, 1.54) is 11.8 Å². The fraction of sp³-hybridized carbons (Fsp3) is 0.0556. The van der Waals surface area contributed by atoms with Crippen molar-refractivity contribution < 1.29 is 13.9 Å². The molecule has 1 aromatic carbocycles. The molecule has 0 atom stereocenters. The van der Waals surface area contributed by atoms with Crippen LogP contribution in [-0.4, -0.2) is 22.3 Å². The lowest BCUT2D eigenvalue weighted by Crippen LogP contribution is -2.17. The molecule has 2 aromatic heterocycles. The van der Waals surface area contributed by atoms with Gasteiger partial charge in [0.2, 0.25) is 0 Å². The van der Waals surface area contributed by atoms with E-state index in [0.717, 1.165) is 22.4 Å². The number of aromatic nitrogens is 1. The van der Waals surface area contributed by atoms with E-state index >= 15 is 0 Å². The molecule has 25 heavy (non-hydrogen) atoms. The van der Waals surface area contributed by atoms with Crippen LogP contribution in [-0.2, 0) is 4.79 Å². The summed E-state index contributed by atoms with van der Waals surface area (Å²) in [7, 11) is 1.63. The summed E-state index contributed by atoms with van der Waals surface area (Å²) in [6.45, 7) is 0. The van der Waals surface area contributed by atoms with Crippen LogP contribution in [0.2, 0.25) is 0 Å². The minimum Gasteiger partial charge on any atom is -0.496 e. The van der Waals surface area contributed by atoms with Crippen molar-refractivity contribution in [2.24, 2.45) is 0 Å². The van der Waals surface area contributed by atoms with Gasteiger partial charge in [0.25, 0.3) is 5.91 Å². The van der Waals surface area contributed by atoms with Crippen LogP contribution in [0.4, 0.5) is 0 Å². The Hall–Kier alpha value is -2.64. The number of ether oxygens (including phenoxy) is 1. The summed E-state index contributed by atoms with van der Waals surface area (Å²) in [5.41, 5.74) is 2.33. The molecule has 3 aromatic rings. The van der Waals surface area contributed by atoms with Gasteiger partial charge in [-0.1, -0.05) is 36.1 Å². The lowest BCUT2D eigenvalue weighted by atomic mass is 10.1. The average molecular weight is 368 g/mol. The summed E-state index contributed by atoms with van der Waals surface area (Å²) in [6.07, 6.45) is 3.43. The third kappa shape index (κ3) is 3.04.